The van der Waals surface area contributed by atoms with E-state index >= 15 is 0 Å². The van der Waals surface area contributed by atoms with Crippen molar-refractivity contribution in [3.8, 4) is 10.7 Å². The molecule has 0 unspecified atom stereocenters. The van der Waals surface area contributed by atoms with Crippen LogP contribution in [0.25, 0.3) is 10.7 Å². The number of H-pyrrole nitrogens is 1. The smallest absolute Gasteiger partial charge is 0.195 e. The number of nitrogens with one attached hydrogen (secondary N) is 1. The number of hydrogen-bond acceptors (Lipinski definition) is 4. The van der Waals surface area contributed by atoms with Crippen LogP contribution >= 0.6 is 23.6 Å². The Morgan fingerprint density at radius 1 is 1.22 bits per heavy atom. The number of aromatic nitrogens is 4. The van der Waals surface area contributed by atoms with Crippen molar-refractivity contribution >= 4 is 23.6 Å². The maximum atomic E-state index is 5.17. The summed E-state index contributed by atoms with van der Waals surface area (Å²) in [7, 11) is 1.93. The summed E-state index contributed by atoms with van der Waals surface area (Å²) in [6.45, 7) is 8.64. The average Bonchev–Trinajstić information content (AvgIpc) is 2.85. The molecule has 0 atom stereocenters. The van der Waals surface area contributed by atoms with Crippen LogP contribution in [0.3, 0.4) is 0 Å². The third-order valence-corrected chi connectivity index (χ3v) is 4.53. The van der Waals surface area contributed by atoms with Gasteiger partial charge in [0.25, 0.3) is 0 Å². The summed E-state index contributed by atoms with van der Waals surface area (Å²) < 4.78 is 2.54. The molecule has 0 spiro atoms. The molecule has 0 aliphatic rings. The topological polar surface area (TPSA) is 46.5 Å². The lowest BCUT2D eigenvalue weighted by Gasteiger charge is -2.04. The fraction of sp³-hybridized carbons (Fsp3) is 0.583. The van der Waals surface area contributed by atoms with Crippen LogP contribution in [0.1, 0.15) is 50.2 Å². The van der Waals surface area contributed by atoms with E-state index in [0.29, 0.717) is 16.6 Å². The van der Waals surface area contributed by atoms with Crippen LogP contribution in [0, 0.1) is 4.77 Å². The molecule has 6 heteroatoms. The molecule has 2 aromatic rings. The maximum absolute atomic E-state index is 5.17. The molecule has 4 nitrogen and oxygen atoms in total. The van der Waals surface area contributed by atoms with Crippen LogP contribution < -0.4 is 0 Å². The molecule has 0 fully saturated rings. The van der Waals surface area contributed by atoms with Crippen LogP contribution in [-0.2, 0) is 7.05 Å². The number of aromatic amines is 1. The summed E-state index contributed by atoms with van der Waals surface area (Å²) >= 11 is 6.89. The zero-order valence-corrected chi connectivity index (χ0v) is 12.9. The molecule has 0 aliphatic heterocycles. The number of hydrogen-bond donors (Lipinski definition) is 1. The van der Waals surface area contributed by atoms with Crippen LogP contribution in [0.2, 0.25) is 0 Å². The highest BCUT2D eigenvalue weighted by Crippen LogP contribution is 2.35. The molecule has 98 valence electrons. The van der Waals surface area contributed by atoms with E-state index in [0.717, 1.165) is 21.4 Å². The van der Waals surface area contributed by atoms with E-state index in [9.17, 15) is 0 Å². The summed E-state index contributed by atoms with van der Waals surface area (Å²) in [5.74, 6) is 1.70. The molecule has 0 aromatic carbocycles. The molecule has 2 aromatic heterocycles. The van der Waals surface area contributed by atoms with E-state index in [2.05, 4.69) is 37.9 Å². The third kappa shape index (κ3) is 2.27. The first-order chi connectivity index (χ1) is 8.41. The van der Waals surface area contributed by atoms with E-state index < -0.39 is 0 Å². The Hall–Kier alpha value is -1.01. The Kier molecular flexibility index (Phi) is 3.68. The second-order valence-electron chi connectivity index (χ2n) is 4.99. The predicted octanol–water partition coefficient (Wildman–Crippen LogP) is 3.85. The molecule has 0 aliphatic carbocycles. The summed E-state index contributed by atoms with van der Waals surface area (Å²) in [6.07, 6.45) is 0. The second-order valence-corrected chi connectivity index (χ2v) is 6.40. The normalized spacial score (nSPS) is 11.7. The zero-order chi connectivity index (χ0) is 13.4. The van der Waals surface area contributed by atoms with E-state index in [1.54, 1.807) is 11.3 Å². The monoisotopic (exact) mass is 282 g/mol. The van der Waals surface area contributed by atoms with Gasteiger partial charge in [-0.1, -0.05) is 27.7 Å². The standard InChI is InChI=1S/C12H18N4S2/c1-6(2)8-9(18-11(13-8)7(3)4)10-14-15-12(17)16(10)5/h6-7H,1-5H3,(H,15,17). The largest absolute Gasteiger partial charge is 0.303 e. The zero-order valence-electron chi connectivity index (χ0n) is 11.3. The second kappa shape index (κ2) is 4.93. The highest BCUT2D eigenvalue weighted by atomic mass is 32.1. The van der Waals surface area contributed by atoms with Gasteiger partial charge in [-0.2, -0.15) is 5.10 Å². The van der Waals surface area contributed by atoms with Gasteiger partial charge in [0.05, 0.1) is 15.6 Å². The van der Waals surface area contributed by atoms with Gasteiger partial charge in [0.2, 0.25) is 0 Å². The van der Waals surface area contributed by atoms with Gasteiger partial charge in [-0.05, 0) is 18.1 Å². The molecule has 0 radical (unpaired) electrons. The van der Waals surface area contributed by atoms with E-state index in [4.69, 9.17) is 17.2 Å². The molecule has 0 saturated heterocycles. The highest BCUT2D eigenvalue weighted by Gasteiger charge is 2.20. The minimum atomic E-state index is 0.383. The Balaban J connectivity index is 2.62. The Bertz CT molecular complexity index is 604. The molecular weight excluding hydrogens is 264 g/mol. The fourth-order valence-electron chi connectivity index (χ4n) is 1.70. The predicted molar refractivity (Wildman–Crippen MR) is 77.7 cm³/mol. The third-order valence-electron chi connectivity index (χ3n) is 2.79. The van der Waals surface area contributed by atoms with Crippen LogP contribution in [0.5, 0.6) is 0 Å². The lowest BCUT2D eigenvalue weighted by molar-refractivity contribution is 0.791. The number of rotatable bonds is 3. The molecule has 18 heavy (non-hydrogen) atoms. The van der Waals surface area contributed by atoms with Gasteiger partial charge in [0, 0.05) is 13.0 Å². The van der Waals surface area contributed by atoms with Gasteiger partial charge in [-0.15, -0.1) is 11.3 Å². The lowest BCUT2D eigenvalue weighted by Crippen LogP contribution is -1.96. The summed E-state index contributed by atoms with van der Waals surface area (Å²) in [5, 5.41) is 8.31. The molecule has 0 amide bonds. The Morgan fingerprint density at radius 2 is 1.89 bits per heavy atom. The first-order valence-electron chi connectivity index (χ1n) is 6.04. The van der Waals surface area contributed by atoms with E-state index in [1.165, 1.54) is 0 Å². The Morgan fingerprint density at radius 3 is 2.33 bits per heavy atom. The maximum Gasteiger partial charge on any atom is 0.195 e. The quantitative estimate of drug-likeness (QED) is 0.870. The van der Waals surface area contributed by atoms with Gasteiger partial charge in [0.1, 0.15) is 0 Å². The first kappa shape index (κ1) is 13.4. The van der Waals surface area contributed by atoms with Gasteiger partial charge < -0.3 is 4.57 Å². The van der Waals surface area contributed by atoms with Crippen molar-refractivity contribution in [2.45, 2.75) is 39.5 Å². The van der Waals surface area contributed by atoms with Gasteiger partial charge in [0.15, 0.2) is 10.6 Å². The van der Waals surface area contributed by atoms with E-state index in [-0.39, 0.29) is 0 Å². The summed E-state index contributed by atoms with van der Waals surface area (Å²) in [4.78, 5) is 5.88. The first-order valence-corrected chi connectivity index (χ1v) is 7.26. The van der Waals surface area contributed by atoms with Crippen molar-refractivity contribution in [1.82, 2.24) is 19.7 Å². The lowest BCUT2D eigenvalue weighted by atomic mass is 10.1. The highest BCUT2D eigenvalue weighted by molar-refractivity contribution is 7.71. The van der Waals surface area contributed by atoms with Crippen molar-refractivity contribution in [1.29, 1.82) is 0 Å². The molecular formula is C12H18N4S2. The van der Waals surface area contributed by atoms with Gasteiger partial charge >= 0.3 is 0 Å². The van der Waals surface area contributed by atoms with Gasteiger partial charge in [-0.3, -0.25) is 5.10 Å². The van der Waals surface area contributed by atoms with Crippen molar-refractivity contribution < 1.29 is 0 Å². The SMILES string of the molecule is CC(C)c1nc(C(C)C)c(-c2n[nH]c(=S)n2C)s1. The molecule has 2 heterocycles. The van der Waals surface area contributed by atoms with Gasteiger partial charge in [-0.25, -0.2) is 4.98 Å². The molecule has 2 rings (SSSR count). The van der Waals surface area contributed by atoms with Crippen LogP contribution in [-0.4, -0.2) is 19.7 Å². The summed E-state index contributed by atoms with van der Waals surface area (Å²) in [6, 6.07) is 0. The fourth-order valence-corrected chi connectivity index (χ4v) is 3.08. The van der Waals surface area contributed by atoms with Crippen LogP contribution in [0.4, 0.5) is 0 Å². The van der Waals surface area contributed by atoms with E-state index in [1.807, 2.05) is 11.6 Å². The minimum Gasteiger partial charge on any atom is -0.303 e. The molecule has 1 N–H and O–H groups in total. The van der Waals surface area contributed by atoms with Crippen molar-refractivity contribution in [2.75, 3.05) is 0 Å². The van der Waals surface area contributed by atoms with Crippen molar-refractivity contribution in [3.05, 3.63) is 15.5 Å². The van der Waals surface area contributed by atoms with Crippen LogP contribution in [0.15, 0.2) is 0 Å². The average molecular weight is 282 g/mol. The number of thiazole rings is 1. The minimum absolute atomic E-state index is 0.383. The molecule has 0 saturated carbocycles. The van der Waals surface area contributed by atoms with Crippen molar-refractivity contribution in [3.63, 3.8) is 0 Å². The number of nitrogens with zero attached hydrogens (tertiary/aromatic N) is 3. The molecule has 0 bridgehead atoms. The summed E-state index contributed by atoms with van der Waals surface area (Å²) in [5.41, 5.74) is 1.11. The Labute approximate surface area is 116 Å². The van der Waals surface area contributed by atoms with Crippen molar-refractivity contribution in [2.24, 2.45) is 7.05 Å².